The topological polar surface area (TPSA) is 77.0 Å². The van der Waals surface area contributed by atoms with E-state index in [1.165, 1.54) is 0 Å². The van der Waals surface area contributed by atoms with E-state index < -0.39 is 0 Å². The molecule has 1 aromatic heterocycles. The zero-order chi connectivity index (χ0) is 9.84. The summed E-state index contributed by atoms with van der Waals surface area (Å²) >= 11 is 0. The van der Waals surface area contributed by atoms with Gasteiger partial charge < -0.3 is 10.8 Å². The molecule has 0 fully saturated rings. The quantitative estimate of drug-likeness (QED) is 0.694. The molecule has 0 aliphatic carbocycles. The first-order chi connectivity index (χ1) is 6.09. The highest BCUT2D eigenvalue weighted by atomic mass is 16.3. The number of aromatic nitrogens is 3. The minimum absolute atomic E-state index is 0.0831. The summed E-state index contributed by atoms with van der Waals surface area (Å²) in [6.07, 6.45) is 2.19. The maximum atomic E-state index is 9.04. The summed E-state index contributed by atoms with van der Waals surface area (Å²) in [6.45, 7) is 4.30. The second-order valence-electron chi connectivity index (χ2n) is 3.33. The van der Waals surface area contributed by atoms with Crippen LogP contribution < -0.4 is 5.73 Å². The van der Waals surface area contributed by atoms with E-state index in [9.17, 15) is 0 Å². The van der Waals surface area contributed by atoms with Gasteiger partial charge in [-0.1, -0.05) is 5.21 Å². The van der Waals surface area contributed by atoms with Gasteiger partial charge in [0, 0.05) is 12.6 Å². The Labute approximate surface area is 77.6 Å². The van der Waals surface area contributed by atoms with Gasteiger partial charge in [0.2, 0.25) is 0 Å². The zero-order valence-corrected chi connectivity index (χ0v) is 8.01. The van der Waals surface area contributed by atoms with Crippen molar-refractivity contribution in [1.29, 1.82) is 0 Å². The van der Waals surface area contributed by atoms with Gasteiger partial charge in [-0.2, -0.15) is 0 Å². The summed E-state index contributed by atoms with van der Waals surface area (Å²) in [5.41, 5.74) is 6.40. The van der Waals surface area contributed by atoms with Crippen molar-refractivity contribution in [3.05, 3.63) is 11.9 Å². The van der Waals surface area contributed by atoms with Crippen LogP contribution in [0.4, 0.5) is 0 Å². The molecule has 2 atom stereocenters. The van der Waals surface area contributed by atoms with Gasteiger partial charge in [-0.3, -0.25) is 4.68 Å². The molecular weight excluding hydrogens is 168 g/mol. The zero-order valence-electron chi connectivity index (χ0n) is 8.01. The summed E-state index contributed by atoms with van der Waals surface area (Å²) in [7, 11) is 0. The highest BCUT2D eigenvalue weighted by Crippen LogP contribution is 2.04. The molecule has 5 heteroatoms. The Kier molecular flexibility index (Phi) is 3.39. The Morgan fingerprint density at radius 1 is 1.62 bits per heavy atom. The normalized spacial score (nSPS) is 15.7. The van der Waals surface area contributed by atoms with E-state index in [4.69, 9.17) is 10.8 Å². The number of nitrogens with two attached hydrogens (primary N) is 1. The Morgan fingerprint density at radius 3 is 2.77 bits per heavy atom. The van der Waals surface area contributed by atoms with E-state index in [1.54, 1.807) is 11.6 Å². The molecule has 5 nitrogen and oxygen atoms in total. The van der Waals surface area contributed by atoms with Gasteiger partial charge in [-0.25, -0.2) is 0 Å². The van der Waals surface area contributed by atoms with Crippen molar-refractivity contribution >= 4 is 0 Å². The van der Waals surface area contributed by atoms with Gasteiger partial charge in [0.15, 0.2) is 0 Å². The van der Waals surface area contributed by atoms with Gasteiger partial charge in [-0.05, 0) is 20.3 Å². The number of aliphatic hydroxyl groups excluding tert-OH is 1. The lowest BCUT2D eigenvalue weighted by atomic mass is 10.3. The van der Waals surface area contributed by atoms with E-state index in [2.05, 4.69) is 10.3 Å². The number of hydrogen-bond donors (Lipinski definition) is 2. The number of rotatable bonds is 4. The molecule has 0 amide bonds. The second kappa shape index (κ2) is 4.34. The molecule has 1 aromatic rings. The highest BCUT2D eigenvalue weighted by molar-refractivity contribution is 4.97. The van der Waals surface area contributed by atoms with Gasteiger partial charge in [0.05, 0.1) is 18.0 Å². The van der Waals surface area contributed by atoms with Gasteiger partial charge in [-0.15, -0.1) is 5.10 Å². The van der Waals surface area contributed by atoms with Gasteiger partial charge in [0.1, 0.15) is 0 Å². The van der Waals surface area contributed by atoms with Gasteiger partial charge >= 0.3 is 0 Å². The lowest BCUT2D eigenvalue weighted by molar-refractivity contribution is 0.176. The molecule has 0 bridgehead atoms. The summed E-state index contributed by atoms with van der Waals surface area (Å²) in [5.74, 6) is 0. The van der Waals surface area contributed by atoms with E-state index in [-0.39, 0.29) is 12.1 Å². The summed E-state index contributed by atoms with van der Waals surface area (Å²) in [4.78, 5) is 0. The lowest BCUT2D eigenvalue weighted by Gasteiger charge is -2.02. The average Bonchev–Trinajstić information content (AvgIpc) is 2.48. The fourth-order valence-electron chi connectivity index (χ4n) is 0.950. The highest BCUT2D eigenvalue weighted by Gasteiger charge is 2.05. The first-order valence-corrected chi connectivity index (χ1v) is 4.43. The van der Waals surface area contributed by atoms with Crippen molar-refractivity contribution in [1.82, 2.24) is 15.0 Å². The van der Waals surface area contributed by atoms with Crippen LogP contribution in [0.3, 0.4) is 0 Å². The number of aliphatic hydroxyl groups is 1. The third kappa shape index (κ3) is 3.12. The lowest BCUT2D eigenvalue weighted by Crippen LogP contribution is -2.07. The standard InChI is InChI=1S/C8H16N4O/c1-6(13)3-4-12-5-8(7(2)9)10-11-12/h5-7,13H,3-4,9H2,1-2H3. The molecule has 0 radical (unpaired) electrons. The third-order valence-electron chi connectivity index (χ3n) is 1.80. The van der Waals surface area contributed by atoms with Crippen LogP contribution >= 0.6 is 0 Å². The molecule has 0 aliphatic heterocycles. The molecule has 1 heterocycles. The molecule has 0 saturated heterocycles. The molecule has 13 heavy (non-hydrogen) atoms. The van der Waals surface area contributed by atoms with E-state index in [0.29, 0.717) is 13.0 Å². The molecule has 0 aliphatic rings. The van der Waals surface area contributed by atoms with Crippen molar-refractivity contribution in [2.24, 2.45) is 5.73 Å². The van der Waals surface area contributed by atoms with Crippen LogP contribution in [-0.2, 0) is 6.54 Å². The fraction of sp³-hybridized carbons (Fsp3) is 0.750. The Morgan fingerprint density at radius 2 is 2.31 bits per heavy atom. The van der Waals surface area contributed by atoms with Crippen molar-refractivity contribution in [3.63, 3.8) is 0 Å². The largest absolute Gasteiger partial charge is 0.393 e. The molecule has 0 aromatic carbocycles. The predicted octanol–water partition coefficient (Wildman–Crippen LogP) is 0.0687. The Bertz CT molecular complexity index is 256. The second-order valence-corrected chi connectivity index (χ2v) is 3.33. The summed E-state index contributed by atoms with van der Waals surface area (Å²) in [5, 5.41) is 16.8. The molecule has 0 saturated carbocycles. The minimum Gasteiger partial charge on any atom is -0.393 e. The average molecular weight is 184 g/mol. The van der Waals surface area contributed by atoms with Crippen LogP contribution in [0.5, 0.6) is 0 Å². The predicted molar refractivity (Wildman–Crippen MR) is 48.9 cm³/mol. The minimum atomic E-state index is -0.303. The first kappa shape index (κ1) is 10.1. The van der Waals surface area contributed by atoms with Crippen molar-refractivity contribution in [2.45, 2.75) is 39.0 Å². The van der Waals surface area contributed by atoms with Crippen LogP contribution in [0.25, 0.3) is 0 Å². The van der Waals surface area contributed by atoms with E-state index in [0.717, 1.165) is 5.69 Å². The van der Waals surface area contributed by atoms with Crippen LogP contribution in [0.15, 0.2) is 6.20 Å². The maximum Gasteiger partial charge on any atom is 0.0991 e. The molecule has 3 N–H and O–H groups in total. The van der Waals surface area contributed by atoms with Gasteiger partial charge in [0.25, 0.3) is 0 Å². The summed E-state index contributed by atoms with van der Waals surface area (Å²) < 4.78 is 1.70. The molecule has 0 spiro atoms. The first-order valence-electron chi connectivity index (χ1n) is 4.43. The van der Waals surface area contributed by atoms with Crippen molar-refractivity contribution in [2.75, 3.05) is 0 Å². The van der Waals surface area contributed by atoms with E-state index >= 15 is 0 Å². The van der Waals surface area contributed by atoms with Crippen molar-refractivity contribution < 1.29 is 5.11 Å². The molecular formula is C8H16N4O. The number of hydrogen-bond acceptors (Lipinski definition) is 4. The maximum absolute atomic E-state index is 9.04. The third-order valence-corrected chi connectivity index (χ3v) is 1.80. The fourth-order valence-corrected chi connectivity index (χ4v) is 0.950. The molecule has 2 unspecified atom stereocenters. The smallest absolute Gasteiger partial charge is 0.0991 e. The monoisotopic (exact) mass is 184 g/mol. The van der Waals surface area contributed by atoms with E-state index in [1.807, 2.05) is 13.1 Å². The summed E-state index contributed by atoms with van der Waals surface area (Å²) in [6, 6.07) is -0.0831. The number of aryl methyl sites for hydroxylation is 1. The Balaban J connectivity index is 2.49. The number of nitrogens with zero attached hydrogens (tertiary/aromatic N) is 3. The molecule has 1 rings (SSSR count). The molecule has 74 valence electrons. The Hall–Kier alpha value is -0.940. The van der Waals surface area contributed by atoms with Crippen LogP contribution in [0.2, 0.25) is 0 Å². The van der Waals surface area contributed by atoms with Crippen molar-refractivity contribution in [3.8, 4) is 0 Å². The van der Waals surface area contributed by atoms with Crippen LogP contribution in [0, 0.1) is 0 Å². The SMILES string of the molecule is CC(O)CCn1cc(C(C)N)nn1. The van der Waals surface area contributed by atoms with Crippen LogP contribution in [0.1, 0.15) is 32.0 Å². The van der Waals surface area contributed by atoms with Crippen LogP contribution in [-0.4, -0.2) is 26.2 Å².